The predicted octanol–water partition coefficient (Wildman–Crippen LogP) is 2.87. The van der Waals surface area contributed by atoms with Gasteiger partial charge in [-0.15, -0.1) is 0 Å². The molecule has 1 unspecified atom stereocenters. The van der Waals surface area contributed by atoms with E-state index in [4.69, 9.17) is 4.74 Å². The van der Waals surface area contributed by atoms with Crippen LogP contribution in [0.2, 0.25) is 0 Å². The second kappa shape index (κ2) is 9.40. The standard InChI is InChI=1S/C17H28N2O2/c1-5-6-11-21-16-9-7-15(8-10-16)12-18-14(4)17(20)19-13(2)3/h7-10,13-14,18H,5-6,11-12H2,1-4H3,(H,19,20). The summed E-state index contributed by atoms with van der Waals surface area (Å²) in [5.41, 5.74) is 1.14. The zero-order valence-corrected chi connectivity index (χ0v) is 13.6. The van der Waals surface area contributed by atoms with Gasteiger partial charge < -0.3 is 15.4 Å². The van der Waals surface area contributed by atoms with Crippen molar-refractivity contribution >= 4 is 5.91 Å². The fraction of sp³-hybridized carbons (Fsp3) is 0.588. The van der Waals surface area contributed by atoms with Gasteiger partial charge in [0, 0.05) is 12.6 Å². The molecule has 118 valence electrons. The molecule has 0 saturated heterocycles. The lowest BCUT2D eigenvalue weighted by Crippen LogP contribution is -2.44. The van der Waals surface area contributed by atoms with Crippen molar-refractivity contribution in [2.24, 2.45) is 0 Å². The quantitative estimate of drug-likeness (QED) is 0.688. The average Bonchev–Trinajstić information content (AvgIpc) is 2.45. The number of unbranched alkanes of at least 4 members (excludes halogenated alkanes) is 1. The Kier molecular flexibility index (Phi) is 7.83. The van der Waals surface area contributed by atoms with Crippen LogP contribution in [0.15, 0.2) is 24.3 Å². The molecule has 0 spiro atoms. The summed E-state index contributed by atoms with van der Waals surface area (Å²) in [5, 5.41) is 6.12. The molecule has 0 fully saturated rings. The molecule has 0 aliphatic carbocycles. The molecule has 1 rings (SSSR count). The van der Waals surface area contributed by atoms with Crippen LogP contribution in [0.3, 0.4) is 0 Å². The molecule has 4 heteroatoms. The highest BCUT2D eigenvalue weighted by atomic mass is 16.5. The molecule has 21 heavy (non-hydrogen) atoms. The first-order valence-electron chi connectivity index (χ1n) is 7.78. The van der Waals surface area contributed by atoms with Crippen molar-refractivity contribution in [2.45, 2.75) is 59.2 Å². The lowest BCUT2D eigenvalue weighted by Gasteiger charge is -2.16. The molecule has 0 bridgehead atoms. The molecule has 0 aliphatic rings. The van der Waals surface area contributed by atoms with Gasteiger partial charge in [-0.3, -0.25) is 4.79 Å². The smallest absolute Gasteiger partial charge is 0.237 e. The molecule has 0 saturated carbocycles. The SMILES string of the molecule is CCCCOc1ccc(CNC(C)C(=O)NC(C)C)cc1. The van der Waals surface area contributed by atoms with Gasteiger partial charge in [-0.05, 0) is 44.9 Å². The minimum atomic E-state index is -0.201. The van der Waals surface area contributed by atoms with Gasteiger partial charge in [-0.1, -0.05) is 25.5 Å². The molecule has 0 aromatic heterocycles. The number of carbonyl (C=O) groups is 1. The molecular weight excluding hydrogens is 264 g/mol. The molecule has 0 radical (unpaired) electrons. The summed E-state index contributed by atoms with van der Waals surface area (Å²) in [4.78, 5) is 11.8. The Morgan fingerprint density at radius 2 is 1.86 bits per heavy atom. The van der Waals surface area contributed by atoms with Gasteiger partial charge in [-0.25, -0.2) is 0 Å². The molecule has 1 aromatic carbocycles. The summed E-state index contributed by atoms with van der Waals surface area (Å²) < 4.78 is 5.62. The predicted molar refractivity (Wildman–Crippen MR) is 86.4 cm³/mol. The lowest BCUT2D eigenvalue weighted by atomic mass is 10.2. The van der Waals surface area contributed by atoms with Gasteiger partial charge in [0.2, 0.25) is 5.91 Å². The monoisotopic (exact) mass is 292 g/mol. The van der Waals surface area contributed by atoms with E-state index in [1.54, 1.807) is 0 Å². The van der Waals surface area contributed by atoms with E-state index in [2.05, 4.69) is 17.6 Å². The third-order valence-corrected chi connectivity index (χ3v) is 3.13. The van der Waals surface area contributed by atoms with Crippen molar-refractivity contribution in [1.82, 2.24) is 10.6 Å². The molecular formula is C17H28N2O2. The molecule has 1 amide bonds. The minimum absolute atomic E-state index is 0.0320. The zero-order valence-electron chi connectivity index (χ0n) is 13.6. The van der Waals surface area contributed by atoms with Crippen molar-refractivity contribution < 1.29 is 9.53 Å². The van der Waals surface area contributed by atoms with E-state index >= 15 is 0 Å². The van der Waals surface area contributed by atoms with Crippen molar-refractivity contribution in [3.8, 4) is 5.75 Å². The summed E-state index contributed by atoms with van der Waals surface area (Å²) in [5.74, 6) is 0.933. The van der Waals surface area contributed by atoms with Crippen molar-refractivity contribution in [1.29, 1.82) is 0 Å². The average molecular weight is 292 g/mol. The van der Waals surface area contributed by atoms with Crippen LogP contribution >= 0.6 is 0 Å². The largest absolute Gasteiger partial charge is 0.494 e. The molecule has 0 heterocycles. The summed E-state index contributed by atoms with van der Waals surface area (Å²) >= 11 is 0. The summed E-state index contributed by atoms with van der Waals surface area (Å²) in [6.45, 7) is 9.38. The molecule has 4 nitrogen and oxygen atoms in total. The third kappa shape index (κ3) is 7.14. The summed E-state index contributed by atoms with van der Waals surface area (Å²) in [7, 11) is 0. The first kappa shape index (κ1) is 17.5. The van der Waals surface area contributed by atoms with Gasteiger partial charge in [0.15, 0.2) is 0 Å². The van der Waals surface area contributed by atoms with E-state index in [0.717, 1.165) is 30.8 Å². The maximum Gasteiger partial charge on any atom is 0.237 e. The molecule has 2 N–H and O–H groups in total. The Morgan fingerprint density at radius 3 is 2.43 bits per heavy atom. The number of hydrogen-bond acceptors (Lipinski definition) is 3. The van der Waals surface area contributed by atoms with Gasteiger partial charge in [0.05, 0.1) is 12.6 Å². The van der Waals surface area contributed by atoms with Crippen molar-refractivity contribution in [3.05, 3.63) is 29.8 Å². The Morgan fingerprint density at radius 1 is 1.19 bits per heavy atom. The zero-order chi connectivity index (χ0) is 15.7. The van der Waals surface area contributed by atoms with Gasteiger partial charge in [0.25, 0.3) is 0 Å². The Bertz CT molecular complexity index is 415. The van der Waals surface area contributed by atoms with E-state index < -0.39 is 0 Å². The van der Waals surface area contributed by atoms with Crippen LogP contribution in [0, 0.1) is 0 Å². The van der Waals surface area contributed by atoms with Crippen LogP contribution in [0.25, 0.3) is 0 Å². The van der Waals surface area contributed by atoms with Crippen LogP contribution in [-0.2, 0) is 11.3 Å². The summed E-state index contributed by atoms with van der Waals surface area (Å²) in [6, 6.07) is 7.98. The minimum Gasteiger partial charge on any atom is -0.494 e. The molecule has 1 aromatic rings. The first-order chi connectivity index (χ1) is 10.0. The van der Waals surface area contributed by atoms with Gasteiger partial charge in [-0.2, -0.15) is 0 Å². The van der Waals surface area contributed by atoms with E-state index in [9.17, 15) is 4.79 Å². The van der Waals surface area contributed by atoms with E-state index in [1.807, 2.05) is 45.0 Å². The first-order valence-corrected chi connectivity index (χ1v) is 7.78. The lowest BCUT2D eigenvalue weighted by molar-refractivity contribution is -0.123. The number of nitrogens with one attached hydrogen (secondary N) is 2. The third-order valence-electron chi connectivity index (χ3n) is 3.13. The number of hydrogen-bond donors (Lipinski definition) is 2. The maximum atomic E-state index is 11.8. The highest BCUT2D eigenvalue weighted by Gasteiger charge is 2.12. The fourth-order valence-corrected chi connectivity index (χ4v) is 1.81. The Hall–Kier alpha value is -1.55. The molecule has 0 aliphatic heterocycles. The second-order valence-corrected chi connectivity index (χ2v) is 5.61. The second-order valence-electron chi connectivity index (χ2n) is 5.61. The van der Waals surface area contributed by atoms with Crippen LogP contribution in [0.4, 0.5) is 0 Å². The van der Waals surface area contributed by atoms with Crippen LogP contribution in [-0.4, -0.2) is 24.6 Å². The van der Waals surface area contributed by atoms with Crippen molar-refractivity contribution in [2.75, 3.05) is 6.61 Å². The van der Waals surface area contributed by atoms with Crippen molar-refractivity contribution in [3.63, 3.8) is 0 Å². The highest BCUT2D eigenvalue weighted by Crippen LogP contribution is 2.12. The number of carbonyl (C=O) groups excluding carboxylic acids is 1. The fourth-order valence-electron chi connectivity index (χ4n) is 1.81. The number of ether oxygens (including phenoxy) is 1. The molecule has 1 atom stereocenters. The number of amides is 1. The van der Waals surface area contributed by atoms with Gasteiger partial charge in [0.1, 0.15) is 5.75 Å². The normalized spacial score (nSPS) is 12.2. The number of benzene rings is 1. The van der Waals surface area contributed by atoms with Crippen LogP contribution in [0.5, 0.6) is 5.75 Å². The van der Waals surface area contributed by atoms with Crippen LogP contribution < -0.4 is 15.4 Å². The van der Waals surface area contributed by atoms with Gasteiger partial charge >= 0.3 is 0 Å². The number of rotatable bonds is 9. The Labute approximate surface area is 128 Å². The summed E-state index contributed by atoms with van der Waals surface area (Å²) in [6.07, 6.45) is 2.21. The van der Waals surface area contributed by atoms with E-state index in [-0.39, 0.29) is 18.0 Å². The van der Waals surface area contributed by atoms with Crippen LogP contribution in [0.1, 0.15) is 46.1 Å². The topological polar surface area (TPSA) is 50.4 Å². The highest BCUT2D eigenvalue weighted by molar-refractivity contribution is 5.81. The Balaban J connectivity index is 2.36. The van der Waals surface area contributed by atoms with E-state index in [0.29, 0.717) is 6.54 Å². The maximum absolute atomic E-state index is 11.8. The van der Waals surface area contributed by atoms with E-state index in [1.165, 1.54) is 0 Å².